The summed E-state index contributed by atoms with van der Waals surface area (Å²) < 4.78 is 0. The minimum Gasteiger partial charge on any atom is -0.481 e. The van der Waals surface area contributed by atoms with E-state index in [1.807, 2.05) is 0 Å². The first kappa shape index (κ1) is 19.9. The summed E-state index contributed by atoms with van der Waals surface area (Å²) in [4.78, 5) is 21.0. The zero-order chi connectivity index (χ0) is 16.1. The Morgan fingerprint density at radius 2 is 1.10 bits per heavy atom. The molecule has 0 fully saturated rings. The van der Waals surface area contributed by atoms with E-state index in [9.17, 15) is 9.59 Å². The predicted octanol–water partition coefficient (Wildman–Crippen LogP) is 4.86. The van der Waals surface area contributed by atoms with E-state index in [2.05, 4.69) is 13.8 Å². The molecule has 4 nitrogen and oxygen atoms in total. The van der Waals surface area contributed by atoms with Crippen LogP contribution in [0.25, 0.3) is 0 Å². The quantitative estimate of drug-likeness (QED) is 0.449. The molecule has 0 aromatic heterocycles. The van der Waals surface area contributed by atoms with E-state index in [1.54, 1.807) is 0 Å². The topological polar surface area (TPSA) is 74.6 Å². The fourth-order valence-electron chi connectivity index (χ4n) is 2.99. The second-order valence-corrected chi connectivity index (χ2v) is 6.12. The lowest BCUT2D eigenvalue weighted by atomic mass is 9.74. The summed E-state index contributed by atoms with van der Waals surface area (Å²) >= 11 is 0. The van der Waals surface area contributed by atoms with Crippen LogP contribution in [0, 0.1) is 5.41 Å². The number of carboxylic acid groups (broad SMARTS) is 2. The normalized spacial score (nSPS) is 11.5. The van der Waals surface area contributed by atoms with Crippen molar-refractivity contribution in [3.8, 4) is 0 Å². The number of carboxylic acids is 2. The van der Waals surface area contributed by atoms with Gasteiger partial charge in [0.1, 0.15) is 0 Å². The number of carbonyl (C=O) groups is 2. The number of rotatable bonds is 14. The van der Waals surface area contributed by atoms with Gasteiger partial charge in [-0.1, -0.05) is 52.4 Å². The van der Waals surface area contributed by atoms with Gasteiger partial charge in [-0.2, -0.15) is 0 Å². The van der Waals surface area contributed by atoms with E-state index in [0.29, 0.717) is 5.41 Å². The van der Waals surface area contributed by atoms with Crippen LogP contribution in [0.15, 0.2) is 0 Å². The average Bonchev–Trinajstić information content (AvgIpc) is 2.44. The van der Waals surface area contributed by atoms with Gasteiger partial charge >= 0.3 is 11.9 Å². The van der Waals surface area contributed by atoms with Crippen LogP contribution in [0.1, 0.15) is 90.9 Å². The van der Waals surface area contributed by atoms with Crippen LogP contribution in [0.4, 0.5) is 0 Å². The summed E-state index contributed by atoms with van der Waals surface area (Å²) in [5, 5.41) is 17.3. The molecule has 124 valence electrons. The Morgan fingerprint density at radius 1 is 0.714 bits per heavy atom. The molecule has 0 heterocycles. The highest BCUT2D eigenvalue weighted by atomic mass is 16.4. The van der Waals surface area contributed by atoms with Gasteiger partial charge in [-0.05, 0) is 31.1 Å². The molecule has 0 unspecified atom stereocenters. The summed E-state index contributed by atoms with van der Waals surface area (Å²) in [6.45, 7) is 4.47. The Hall–Kier alpha value is -1.06. The molecule has 0 bridgehead atoms. The fraction of sp³-hybridized carbons (Fsp3) is 0.882. The van der Waals surface area contributed by atoms with Crippen molar-refractivity contribution in [3.05, 3.63) is 0 Å². The highest BCUT2D eigenvalue weighted by Gasteiger charge is 2.24. The van der Waals surface area contributed by atoms with E-state index in [1.165, 1.54) is 12.8 Å². The Labute approximate surface area is 128 Å². The van der Waals surface area contributed by atoms with E-state index in [4.69, 9.17) is 10.2 Å². The first-order chi connectivity index (χ1) is 9.95. The van der Waals surface area contributed by atoms with Crippen molar-refractivity contribution < 1.29 is 19.8 Å². The maximum absolute atomic E-state index is 10.5. The van der Waals surface area contributed by atoms with Crippen molar-refractivity contribution in [2.45, 2.75) is 90.9 Å². The zero-order valence-corrected chi connectivity index (χ0v) is 13.7. The third kappa shape index (κ3) is 10.3. The number of hydrogen-bond acceptors (Lipinski definition) is 2. The van der Waals surface area contributed by atoms with E-state index < -0.39 is 11.9 Å². The van der Waals surface area contributed by atoms with Gasteiger partial charge in [0.25, 0.3) is 0 Å². The lowest BCUT2D eigenvalue weighted by Crippen LogP contribution is -2.19. The van der Waals surface area contributed by atoms with Crippen LogP contribution in [0.2, 0.25) is 0 Å². The maximum Gasteiger partial charge on any atom is 0.303 e. The van der Waals surface area contributed by atoms with Gasteiger partial charge in [0, 0.05) is 12.8 Å². The van der Waals surface area contributed by atoms with Gasteiger partial charge in [0.15, 0.2) is 0 Å². The van der Waals surface area contributed by atoms with Gasteiger partial charge in [0.2, 0.25) is 0 Å². The van der Waals surface area contributed by atoms with Crippen molar-refractivity contribution >= 4 is 11.9 Å². The minimum absolute atomic E-state index is 0.278. The Balaban J connectivity index is 3.94. The van der Waals surface area contributed by atoms with Crippen LogP contribution in [0.5, 0.6) is 0 Å². The maximum atomic E-state index is 10.5. The molecule has 0 atom stereocenters. The molecule has 0 amide bonds. The lowest BCUT2D eigenvalue weighted by Gasteiger charge is -2.32. The molecule has 0 aliphatic rings. The molecule has 4 heteroatoms. The van der Waals surface area contributed by atoms with Gasteiger partial charge in [0.05, 0.1) is 0 Å². The van der Waals surface area contributed by atoms with Crippen molar-refractivity contribution in [2.24, 2.45) is 5.41 Å². The smallest absolute Gasteiger partial charge is 0.303 e. The molecule has 2 N–H and O–H groups in total. The van der Waals surface area contributed by atoms with Crippen LogP contribution in [0.3, 0.4) is 0 Å². The number of hydrogen-bond donors (Lipinski definition) is 2. The van der Waals surface area contributed by atoms with Crippen LogP contribution in [-0.2, 0) is 9.59 Å². The van der Waals surface area contributed by atoms with Gasteiger partial charge in [-0.3, -0.25) is 9.59 Å². The summed E-state index contributed by atoms with van der Waals surface area (Å²) in [6.07, 6.45) is 10.9. The van der Waals surface area contributed by atoms with Gasteiger partial charge in [-0.15, -0.1) is 0 Å². The number of aliphatic carboxylic acids is 2. The highest BCUT2D eigenvalue weighted by Crippen LogP contribution is 2.38. The Bertz CT molecular complexity index is 269. The van der Waals surface area contributed by atoms with Crippen molar-refractivity contribution in [1.82, 2.24) is 0 Å². The second kappa shape index (κ2) is 11.6. The summed E-state index contributed by atoms with van der Waals surface area (Å²) in [5.74, 6) is -1.41. The molecule has 0 saturated carbocycles. The Morgan fingerprint density at radius 3 is 1.38 bits per heavy atom. The fourth-order valence-corrected chi connectivity index (χ4v) is 2.99. The minimum atomic E-state index is -0.703. The van der Waals surface area contributed by atoms with E-state index in [-0.39, 0.29) is 12.8 Å². The molecular formula is C17H32O4. The molecular weight excluding hydrogens is 268 g/mol. The first-order valence-corrected chi connectivity index (χ1v) is 8.39. The van der Waals surface area contributed by atoms with E-state index in [0.717, 1.165) is 51.4 Å². The summed E-state index contributed by atoms with van der Waals surface area (Å²) in [7, 11) is 0. The van der Waals surface area contributed by atoms with Crippen molar-refractivity contribution in [1.29, 1.82) is 0 Å². The predicted molar refractivity (Wildman–Crippen MR) is 84.5 cm³/mol. The molecule has 0 aromatic carbocycles. The molecule has 0 spiro atoms. The van der Waals surface area contributed by atoms with Gasteiger partial charge < -0.3 is 10.2 Å². The highest BCUT2D eigenvalue weighted by molar-refractivity contribution is 5.66. The standard InChI is InChI=1S/C17H32O4/c1-3-17(4-2,13-9-5-7-11-15(18)19)14-10-6-8-12-16(20)21/h3-14H2,1-2H3,(H,18,19)(H,20,21). The molecule has 21 heavy (non-hydrogen) atoms. The monoisotopic (exact) mass is 300 g/mol. The van der Waals surface area contributed by atoms with Crippen LogP contribution < -0.4 is 0 Å². The molecule has 0 rings (SSSR count). The molecule has 0 aliphatic carbocycles. The third-order valence-corrected chi connectivity index (χ3v) is 4.70. The molecule has 0 saturated heterocycles. The molecule has 0 aliphatic heterocycles. The largest absolute Gasteiger partial charge is 0.481 e. The summed E-state index contributed by atoms with van der Waals surface area (Å²) in [6, 6.07) is 0. The zero-order valence-electron chi connectivity index (χ0n) is 13.7. The molecule has 0 aromatic rings. The summed E-state index contributed by atoms with van der Waals surface area (Å²) in [5.41, 5.74) is 0.368. The molecule has 0 radical (unpaired) electrons. The van der Waals surface area contributed by atoms with Crippen LogP contribution in [-0.4, -0.2) is 22.2 Å². The SMILES string of the molecule is CCC(CC)(CCCCCC(=O)O)CCCCCC(=O)O. The lowest BCUT2D eigenvalue weighted by molar-refractivity contribution is -0.138. The van der Waals surface area contributed by atoms with Crippen molar-refractivity contribution in [3.63, 3.8) is 0 Å². The third-order valence-electron chi connectivity index (χ3n) is 4.70. The number of unbranched alkanes of at least 4 members (excludes halogenated alkanes) is 4. The Kier molecular flexibility index (Phi) is 11.0. The van der Waals surface area contributed by atoms with Gasteiger partial charge in [-0.25, -0.2) is 0 Å². The van der Waals surface area contributed by atoms with Crippen LogP contribution >= 0.6 is 0 Å². The van der Waals surface area contributed by atoms with Crippen molar-refractivity contribution in [2.75, 3.05) is 0 Å². The first-order valence-electron chi connectivity index (χ1n) is 8.39. The van der Waals surface area contributed by atoms with E-state index >= 15 is 0 Å². The second-order valence-electron chi connectivity index (χ2n) is 6.12. The average molecular weight is 300 g/mol.